The van der Waals surface area contributed by atoms with E-state index < -0.39 is 12.2 Å². The van der Waals surface area contributed by atoms with Crippen LogP contribution in [0.1, 0.15) is 4.88 Å². The molecule has 0 aliphatic carbocycles. The van der Waals surface area contributed by atoms with Gasteiger partial charge >= 0.3 is 6.18 Å². The van der Waals surface area contributed by atoms with E-state index in [2.05, 4.69) is 5.32 Å². The van der Waals surface area contributed by atoms with Gasteiger partial charge in [-0.1, -0.05) is 0 Å². The van der Waals surface area contributed by atoms with Gasteiger partial charge in [-0.05, 0) is 19.1 Å². The van der Waals surface area contributed by atoms with Gasteiger partial charge in [0.25, 0.3) is 0 Å². The number of anilines is 1. The molecule has 90 valence electrons. The predicted molar refractivity (Wildman–Crippen MR) is 59.1 cm³/mol. The first-order chi connectivity index (χ1) is 7.48. The van der Waals surface area contributed by atoms with Crippen LogP contribution in [0, 0.1) is 6.92 Å². The number of nitrogens with zero attached hydrogens (tertiary/aromatic N) is 1. The molecule has 0 bridgehead atoms. The summed E-state index contributed by atoms with van der Waals surface area (Å²) < 4.78 is 38.4. The number of aryl methyl sites for hydroxylation is 1. The van der Waals surface area contributed by atoms with Crippen molar-refractivity contribution in [2.45, 2.75) is 19.1 Å². The maximum absolute atomic E-state index is 12.8. The lowest BCUT2D eigenvalue weighted by Gasteiger charge is -2.37. The molecule has 1 aliphatic heterocycles. The van der Waals surface area contributed by atoms with Crippen LogP contribution in [0.3, 0.4) is 0 Å². The Hall–Kier alpha value is -0.750. The van der Waals surface area contributed by atoms with Crippen molar-refractivity contribution in [2.24, 2.45) is 0 Å². The van der Waals surface area contributed by atoms with Crippen LogP contribution in [0.5, 0.6) is 0 Å². The Morgan fingerprint density at radius 1 is 1.44 bits per heavy atom. The Kier molecular flexibility index (Phi) is 3.12. The summed E-state index contributed by atoms with van der Waals surface area (Å²) in [5.74, 6) is 0. The summed E-state index contributed by atoms with van der Waals surface area (Å²) in [5, 5.41) is 3.50. The van der Waals surface area contributed by atoms with E-state index in [9.17, 15) is 13.2 Å². The van der Waals surface area contributed by atoms with Gasteiger partial charge in [-0.3, -0.25) is 0 Å². The monoisotopic (exact) mass is 250 g/mol. The lowest BCUT2D eigenvalue weighted by atomic mass is 10.2. The van der Waals surface area contributed by atoms with Gasteiger partial charge in [0.15, 0.2) is 0 Å². The highest BCUT2D eigenvalue weighted by atomic mass is 32.1. The molecule has 0 aromatic carbocycles. The van der Waals surface area contributed by atoms with E-state index in [1.165, 1.54) is 16.2 Å². The molecule has 1 atom stereocenters. The molecule has 1 aromatic rings. The van der Waals surface area contributed by atoms with Crippen LogP contribution < -0.4 is 10.2 Å². The molecule has 1 unspecified atom stereocenters. The van der Waals surface area contributed by atoms with Crippen molar-refractivity contribution in [3.8, 4) is 0 Å². The highest BCUT2D eigenvalue weighted by Gasteiger charge is 2.45. The van der Waals surface area contributed by atoms with E-state index in [1.54, 1.807) is 6.07 Å². The third-order valence-electron chi connectivity index (χ3n) is 2.63. The Balaban J connectivity index is 2.23. The van der Waals surface area contributed by atoms with Gasteiger partial charge in [0.2, 0.25) is 0 Å². The highest BCUT2D eigenvalue weighted by molar-refractivity contribution is 7.16. The molecule has 0 spiro atoms. The average molecular weight is 250 g/mol. The summed E-state index contributed by atoms with van der Waals surface area (Å²) in [7, 11) is 0. The fourth-order valence-corrected chi connectivity index (χ4v) is 2.77. The van der Waals surface area contributed by atoms with E-state index in [-0.39, 0.29) is 6.54 Å². The number of hydrogen-bond acceptors (Lipinski definition) is 3. The Bertz CT molecular complexity index is 361. The van der Waals surface area contributed by atoms with Crippen LogP contribution in [0.2, 0.25) is 0 Å². The molecule has 1 aliphatic rings. The van der Waals surface area contributed by atoms with Crippen molar-refractivity contribution >= 4 is 16.3 Å². The van der Waals surface area contributed by atoms with Gasteiger partial charge in [-0.15, -0.1) is 11.3 Å². The molecule has 0 amide bonds. The second-order valence-corrected chi connectivity index (χ2v) is 5.11. The van der Waals surface area contributed by atoms with Crippen molar-refractivity contribution in [1.82, 2.24) is 5.32 Å². The maximum atomic E-state index is 12.8. The standard InChI is InChI=1S/C10H13F3N2S/c1-7-2-3-9(16-7)15-5-4-14-6-8(15)10(11,12)13/h2-3,8,14H,4-6H2,1H3. The summed E-state index contributed by atoms with van der Waals surface area (Å²) in [6.45, 7) is 2.88. The molecular formula is C10H13F3N2S. The minimum Gasteiger partial charge on any atom is -0.349 e. The van der Waals surface area contributed by atoms with Gasteiger partial charge in [0.1, 0.15) is 6.04 Å². The zero-order valence-electron chi connectivity index (χ0n) is 8.84. The number of piperazine rings is 1. The van der Waals surface area contributed by atoms with Crippen LogP contribution in [0.15, 0.2) is 12.1 Å². The fraction of sp³-hybridized carbons (Fsp3) is 0.600. The second-order valence-electron chi connectivity index (χ2n) is 3.84. The average Bonchev–Trinajstić information content (AvgIpc) is 2.64. The minimum atomic E-state index is -4.18. The molecular weight excluding hydrogens is 237 g/mol. The van der Waals surface area contributed by atoms with Gasteiger partial charge < -0.3 is 10.2 Å². The lowest BCUT2D eigenvalue weighted by molar-refractivity contribution is -0.149. The summed E-state index contributed by atoms with van der Waals surface area (Å²) in [5.41, 5.74) is 0. The molecule has 2 heterocycles. The largest absolute Gasteiger partial charge is 0.410 e. The van der Waals surface area contributed by atoms with E-state index in [1.807, 2.05) is 13.0 Å². The molecule has 2 nitrogen and oxygen atoms in total. The zero-order valence-corrected chi connectivity index (χ0v) is 9.66. The quantitative estimate of drug-likeness (QED) is 0.823. The summed E-state index contributed by atoms with van der Waals surface area (Å²) in [6.07, 6.45) is -4.18. The number of nitrogens with one attached hydrogen (secondary N) is 1. The first-order valence-electron chi connectivity index (χ1n) is 5.09. The first kappa shape index (κ1) is 11.7. The number of hydrogen-bond donors (Lipinski definition) is 1. The number of rotatable bonds is 1. The van der Waals surface area contributed by atoms with Crippen LogP contribution in [0.4, 0.5) is 18.2 Å². The van der Waals surface area contributed by atoms with Gasteiger partial charge in [-0.25, -0.2) is 0 Å². The second kappa shape index (κ2) is 4.25. The molecule has 1 saturated heterocycles. The van der Waals surface area contributed by atoms with E-state index >= 15 is 0 Å². The highest BCUT2D eigenvalue weighted by Crippen LogP contribution is 2.33. The summed E-state index contributed by atoms with van der Waals surface area (Å²) in [4.78, 5) is 2.49. The molecule has 2 rings (SSSR count). The van der Waals surface area contributed by atoms with Crippen LogP contribution in [0.25, 0.3) is 0 Å². The van der Waals surface area contributed by atoms with Gasteiger partial charge in [0.05, 0.1) is 5.00 Å². The lowest BCUT2D eigenvalue weighted by Crippen LogP contribution is -2.57. The fourth-order valence-electron chi connectivity index (χ4n) is 1.84. The first-order valence-corrected chi connectivity index (χ1v) is 5.90. The molecule has 0 radical (unpaired) electrons. The predicted octanol–water partition coefficient (Wildman–Crippen LogP) is 2.40. The summed E-state index contributed by atoms with van der Waals surface area (Å²) in [6, 6.07) is 2.22. The third-order valence-corrected chi connectivity index (χ3v) is 3.67. The normalized spacial score (nSPS) is 22.5. The minimum absolute atomic E-state index is 0.0273. The van der Waals surface area contributed by atoms with Crippen molar-refractivity contribution in [3.05, 3.63) is 17.0 Å². The molecule has 1 aromatic heterocycles. The molecule has 1 fully saturated rings. The van der Waals surface area contributed by atoms with Crippen molar-refractivity contribution in [3.63, 3.8) is 0 Å². The Morgan fingerprint density at radius 3 is 2.75 bits per heavy atom. The van der Waals surface area contributed by atoms with Crippen molar-refractivity contribution in [1.29, 1.82) is 0 Å². The third kappa shape index (κ3) is 2.32. The van der Waals surface area contributed by atoms with Crippen LogP contribution in [-0.4, -0.2) is 31.9 Å². The SMILES string of the molecule is Cc1ccc(N2CCNCC2C(F)(F)F)s1. The van der Waals surface area contributed by atoms with Crippen LogP contribution >= 0.6 is 11.3 Å². The summed E-state index contributed by atoms with van der Waals surface area (Å²) >= 11 is 1.41. The smallest absolute Gasteiger partial charge is 0.349 e. The molecule has 16 heavy (non-hydrogen) atoms. The number of halogens is 3. The van der Waals surface area contributed by atoms with Crippen LogP contribution in [-0.2, 0) is 0 Å². The molecule has 0 saturated carbocycles. The van der Waals surface area contributed by atoms with Gasteiger partial charge in [-0.2, -0.15) is 13.2 Å². The molecule has 6 heteroatoms. The Labute approximate surface area is 96.1 Å². The Morgan fingerprint density at radius 2 is 2.19 bits per heavy atom. The maximum Gasteiger partial charge on any atom is 0.410 e. The van der Waals surface area contributed by atoms with E-state index in [0.29, 0.717) is 18.1 Å². The van der Waals surface area contributed by atoms with E-state index in [4.69, 9.17) is 0 Å². The molecule has 1 N–H and O–H groups in total. The zero-order chi connectivity index (χ0) is 11.8. The topological polar surface area (TPSA) is 15.3 Å². The van der Waals surface area contributed by atoms with Crippen molar-refractivity contribution < 1.29 is 13.2 Å². The number of thiophene rings is 1. The van der Waals surface area contributed by atoms with Crippen molar-refractivity contribution in [2.75, 3.05) is 24.5 Å². The number of alkyl halides is 3. The van der Waals surface area contributed by atoms with E-state index in [0.717, 1.165) is 4.88 Å². The van der Waals surface area contributed by atoms with Gasteiger partial charge in [0, 0.05) is 24.5 Å².